The van der Waals surface area contributed by atoms with Crippen molar-refractivity contribution in [2.75, 3.05) is 19.6 Å². The summed E-state index contributed by atoms with van der Waals surface area (Å²) in [5.74, 6) is 1.15. The number of likely N-dealkylation sites (tertiary alicyclic amines) is 1. The van der Waals surface area contributed by atoms with E-state index in [0.717, 1.165) is 29.7 Å². The van der Waals surface area contributed by atoms with Crippen molar-refractivity contribution in [1.82, 2.24) is 9.80 Å². The number of halogens is 1. The van der Waals surface area contributed by atoms with Gasteiger partial charge < -0.3 is 10.6 Å². The number of carbonyl (C=O) groups is 2. The molecule has 1 aliphatic carbocycles. The number of amides is 2. The Bertz CT molecular complexity index is 1180. The van der Waals surface area contributed by atoms with E-state index >= 15 is 0 Å². The Morgan fingerprint density at radius 2 is 1.78 bits per heavy atom. The van der Waals surface area contributed by atoms with Gasteiger partial charge in [0.25, 0.3) is 5.91 Å². The van der Waals surface area contributed by atoms with Gasteiger partial charge >= 0.3 is 0 Å². The van der Waals surface area contributed by atoms with Crippen molar-refractivity contribution in [3.8, 4) is 11.1 Å². The van der Waals surface area contributed by atoms with Crippen LogP contribution in [0.5, 0.6) is 0 Å². The van der Waals surface area contributed by atoms with E-state index in [-0.39, 0.29) is 23.7 Å². The molecular formula is C29H35ClN4O2. The van der Waals surface area contributed by atoms with Gasteiger partial charge in [0.15, 0.2) is 11.5 Å². The summed E-state index contributed by atoms with van der Waals surface area (Å²) in [6, 6.07) is 15.5. The summed E-state index contributed by atoms with van der Waals surface area (Å²) in [4.78, 5) is 34.8. The summed E-state index contributed by atoms with van der Waals surface area (Å²) in [5, 5.41) is 0.664. The van der Waals surface area contributed by atoms with Gasteiger partial charge in [0.2, 0.25) is 5.91 Å². The SMILES string of the molecule is CC1(c2cccc(-c3cccc(Cl)c3)c2)N=C(N)N(C[C@@H]2CCN(C(=O)CC3CCCCC3)C2)C1=O. The first-order valence-electron chi connectivity index (χ1n) is 13.1. The molecular weight excluding hydrogens is 472 g/mol. The molecule has 2 heterocycles. The number of carbonyl (C=O) groups excluding carboxylic acids is 2. The molecule has 1 saturated heterocycles. The quantitative estimate of drug-likeness (QED) is 0.585. The third kappa shape index (κ3) is 5.01. The van der Waals surface area contributed by atoms with Gasteiger partial charge in [-0.15, -0.1) is 0 Å². The van der Waals surface area contributed by atoms with Crippen molar-refractivity contribution >= 4 is 29.4 Å². The molecule has 5 rings (SSSR count). The van der Waals surface area contributed by atoms with Crippen molar-refractivity contribution in [1.29, 1.82) is 0 Å². The van der Waals surface area contributed by atoms with E-state index < -0.39 is 5.54 Å². The lowest BCUT2D eigenvalue weighted by atomic mass is 9.87. The molecule has 6 nitrogen and oxygen atoms in total. The molecule has 190 valence electrons. The van der Waals surface area contributed by atoms with Gasteiger partial charge in [-0.1, -0.05) is 61.2 Å². The number of guanidine groups is 1. The first-order valence-corrected chi connectivity index (χ1v) is 13.5. The molecule has 1 saturated carbocycles. The fourth-order valence-corrected chi connectivity index (χ4v) is 6.16. The number of nitrogens with two attached hydrogens (primary N) is 1. The van der Waals surface area contributed by atoms with Crippen molar-refractivity contribution < 1.29 is 9.59 Å². The average Bonchev–Trinajstić information content (AvgIpc) is 3.44. The van der Waals surface area contributed by atoms with Gasteiger partial charge in [0.1, 0.15) is 0 Å². The standard InChI is InChI=1S/C29H35ClN4O2/c1-29(24-11-5-9-22(16-24)23-10-6-12-25(30)17-23)27(36)34(28(31)32-29)19-21-13-14-33(18-21)26(35)15-20-7-3-2-4-8-20/h5-6,9-12,16-17,20-21H,2-4,7-8,13-15,18-19H2,1H3,(H2,31,32)/t21-,29?/m1/s1. The Hall–Kier alpha value is -2.86. The Kier molecular flexibility index (Phi) is 7.07. The molecule has 3 aliphatic rings. The molecule has 2 N–H and O–H groups in total. The van der Waals surface area contributed by atoms with Crippen molar-refractivity contribution in [3.05, 3.63) is 59.1 Å². The predicted octanol–water partition coefficient (Wildman–Crippen LogP) is 5.20. The summed E-state index contributed by atoms with van der Waals surface area (Å²) >= 11 is 6.19. The number of aliphatic imine (C=N–C) groups is 1. The minimum absolute atomic E-state index is 0.116. The van der Waals surface area contributed by atoms with Crippen molar-refractivity contribution in [2.24, 2.45) is 22.6 Å². The van der Waals surface area contributed by atoms with Gasteiger partial charge in [-0.3, -0.25) is 14.5 Å². The van der Waals surface area contributed by atoms with Crippen LogP contribution in [0, 0.1) is 11.8 Å². The van der Waals surface area contributed by atoms with Crippen LogP contribution in [0.4, 0.5) is 0 Å². The van der Waals surface area contributed by atoms with Crippen LogP contribution >= 0.6 is 11.6 Å². The van der Waals surface area contributed by atoms with E-state index in [1.807, 2.05) is 60.4 Å². The lowest BCUT2D eigenvalue weighted by Gasteiger charge is -2.26. The minimum atomic E-state index is -1.08. The normalized spacial score (nSPS) is 24.9. The van der Waals surface area contributed by atoms with Crippen molar-refractivity contribution in [2.45, 2.75) is 57.4 Å². The van der Waals surface area contributed by atoms with E-state index in [4.69, 9.17) is 17.3 Å². The monoisotopic (exact) mass is 506 g/mol. The topological polar surface area (TPSA) is 79.0 Å². The number of benzene rings is 2. The summed E-state index contributed by atoms with van der Waals surface area (Å²) < 4.78 is 0. The van der Waals surface area contributed by atoms with Crippen LogP contribution in [0.25, 0.3) is 11.1 Å². The van der Waals surface area contributed by atoms with E-state index in [2.05, 4.69) is 4.99 Å². The summed E-state index contributed by atoms with van der Waals surface area (Å²) in [7, 11) is 0. The molecule has 2 aliphatic heterocycles. The van der Waals surface area contributed by atoms with Gasteiger partial charge in [0, 0.05) is 31.1 Å². The second-order valence-electron chi connectivity index (χ2n) is 10.8. The molecule has 0 spiro atoms. The van der Waals surface area contributed by atoms with E-state index in [1.165, 1.54) is 32.1 Å². The fourth-order valence-electron chi connectivity index (χ4n) is 5.97. The Balaban J connectivity index is 1.25. The molecule has 0 aromatic heterocycles. The maximum atomic E-state index is 13.6. The zero-order valence-electron chi connectivity index (χ0n) is 21.0. The number of rotatable bonds is 6. The number of hydrogen-bond donors (Lipinski definition) is 1. The van der Waals surface area contributed by atoms with Gasteiger partial charge in [-0.05, 0) is 72.9 Å². The molecule has 36 heavy (non-hydrogen) atoms. The van der Waals surface area contributed by atoms with E-state index in [0.29, 0.717) is 30.5 Å². The minimum Gasteiger partial charge on any atom is -0.369 e. The summed E-state index contributed by atoms with van der Waals surface area (Å²) in [6.45, 7) is 3.76. The van der Waals surface area contributed by atoms with Crippen LogP contribution in [0.15, 0.2) is 53.5 Å². The Morgan fingerprint density at radius 3 is 2.53 bits per heavy atom. The number of nitrogens with zero attached hydrogens (tertiary/aromatic N) is 3. The zero-order chi connectivity index (χ0) is 25.3. The molecule has 2 atom stereocenters. The molecule has 2 aromatic rings. The molecule has 2 amide bonds. The number of hydrogen-bond acceptors (Lipinski definition) is 4. The van der Waals surface area contributed by atoms with Gasteiger partial charge in [0.05, 0.1) is 0 Å². The highest BCUT2D eigenvalue weighted by Crippen LogP contribution is 2.36. The van der Waals surface area contributed by atoms with Crippen molar-refractivity contribution in [3.63, 3.8) is 0 Å². The molecule has 0 radical (unpaired) electrons. The third-order valence-corrected chi connectivity index (χ3v) is 8.36. The predicted molar refractivity (Wildman–Crippen MR) is 143 cm³/mol. The first kappa shape index (κ1) is 24.8. The van der Waals surface area contributed by atoms with Gasteiger partial charge in [-0.25, -0.2) is 4.99 Å². The van der Waals surface area contributed by atoms with Crippen LogP contribution in [0.3, 0.4) is 0 Å². The van der Waals surface area contributed by atoms with Crippen LogP contribution in [0.1, 0.15) is 57.4 Å². The fraction of sp³-hybridized carbons (Fsp3) is 0.483. The van der Waals surface area contributed by atoms with Crippen LogP contribution in [0.2, 0.25) is 5.02 Å². The maximum absolute atomic E-state index is 13.6. The molecule has 7 heteroatoms. The summed E-state index contributed by atoms with van der Waals surface area (Å²) in [5.41, 5.74) is 7.98. The lowest BCUT2D eigenvalue weighted by Crippen LogP contribution is -2.45. The zero-order valence-corrected chi connectivity index (χ0v) is 21.7. The van der Waals surface area contributed by atoms with Crippen LogP contribution in [-0.4, -0.2) is 47.2 Å². The second kappa shape index (κ2) is 10.3. The van der Waals surface area contributed by atoms with E-state index in [1.54, 1.807) is 4.90 Å². The largest absolute Gasteiger partial charge is 0.369 e. The van der Waals surface area contributed by atoms with E-state index in [9.17, 15) is 9.59 Å². The van der Waals surface area contributed by atoms with Crippen LogP contribution in [-0.2, 0) is 15.1 Å². The highest BCUT2D eigenvalue weighted by Gasteiger charge is 2.46. The third-order valence-electron chi connectivity index (χ3n) is 8.13. The van der Waals surface area contributed by atoms with Crippen LogP contribution < -0.4 is 5.73 Å². The highest BCUT2D eigenvalue weighted by molar-refractivity contribution is 6.30. The molecule has 0 bridgehead atoms. The van der Waals surface area contributed by atoms with Gasteiger partial charge in [-0.2, -0.15) is 0 Å². The molecule has 2 fully saturated rings. The first-order chi connectivity index (χ1) is 17.3. The Morgan fingerprint density at radius 1 is 1.06 bits per heavy atom. The smallest absolute Gasteiger partial charge is 0.261 e. The average molecular weight is 507 g/mol. The molecule has 1 unspecified atom stereocenters. The molecule has 2 aromatic carbocycles. The highest BCUT2D eigenvalue weighted by atomic mass is 35.5. The second-order valence-corrected chi connectivity index (χ2v) is 11.2. The maximum Gasteiger partial charge on any atom is 0.261 e. The Labute approximate surface area is 218 Å². The summed E-state index contributed by atoms with van der Waals surface area (Å²) in [6.07, 6.45) is 7.69. The lowest BCUT2D eigenvalue weighted by molar-refractivity contribution is -0.131.